The molecule has 1 saturated heterocycles. The summed E-state index contributed by atoms with van der Waals surface area (Å²) in [5, 5.41) is 16.8. The number of carboxylic acids is 1. The normalized spacial score (nSPS) is 21.6. The van der Waals surface area contributed by atoms with E-state index < -0.39 is 5.97 Å². The number of hydrogen-bond donors (Lipinski definition) is 3. The van der Waals surface area contributed by atoms with Gasteiger partial charge in [-0.25, -0.2) is 9.78 Å². The lowest BCUT2D eigenvalue weighted by Crippen LogP contribution is -2.60. The highest BCUT2D eigenvalue weighted by Crippen LogP contribution is 2.32. The van der Waals surface area contributed by atoms with E-state index >= 15 is 0 Å². The van der Waals surface area contributed by atoms with E-state index in [-0.39, 0.29) is 11.1 Å². The van der Waals surface area contributed by atoms with Crippen LogP contribution in [0.15, 0.2) is 0 Å². The van der Waals surface area contributed by atoms with Crippen LogP contribution in [-0.2, 0) is 0 Å². The van der Waals surface area contributed by atoms with Gasteiger partial charge in [-0.1, -0.05) is 11.3 Å². The molecule has 0 saturated carbocycles. The van der Waals surface area contributed by atoms with Gasteiger partial charge in [0.2, 0.25) is 0 Å². The van der Waals surface area contributed by atoms with Gasteiger partial charge in [-0.2, -0.15) is 0 Å². The van der Waals surface area contributed by atoms with Crippen molar-refractivity contribution in [1.29, 1.82) is 0 Å². The molecule has 0 radical (unpaired) electrons. The number of aromatic nitrogens is 1. The second kappa shape index (κ2) is 5.00. The summed E-state index contributed by atoms with van der Waals surface area (Å²) in [5.41, 5.74) is 0.695. The van der Waals surface area contributed by atoms with E-state index in [1.807, 2.05) is 0 Å². The molecule has 2 rings (SSSR count). The monoisotopic (exact) mass is 297 g/mol. The van der Waals surface area contributed by atoms with E-state index in [1.165, 1.54) is 11.3 Å². The maximum absolute atomic E-state index is 11.1. The zero-order valence-corrected chi connectivity index (χ0v) is 13.5. The van der Waals surface area contributed by atoms with E-state index in [4.69, 9.17) is 5.11 Å². The maximum Gasteiger partial charge on any atom is 0.347 e. The molecular weight excluding hydrogens is 274 g/mol. The standard InChI is InChI=1S/C14H23N3O2S/c1-8-10(11(18)19)20-12(15-8)16-9-6-13(2,3)17-14(4,5)7-9/h9,17H,6-7H2,1-5H3,(H,15,16)(H,18,19). The van der Waals surface area contributed by atoms with Gasteiger partial charge in [0, 0.05) is 17.1 Å². The number of piperidine rings is 1. The van der Waals surface area contributed by atoms with Crippen molar-refractivity contribution < 1.29 is 9.90 Å². The second-order valence-corrected chi connectivity index (χ2v) is 7.88. The predicted molar refractivity (Wildman–Crippen MR) is 81.7 cm³/mol. The lowest BCUT2D eigenvalue weighted by molar-refractivity contribution is 0.0701. The molecule has 2 heterocycles. The zero-order valence-electron chi connectivity index (χ0n) is 12.7. The molecule has 1 aromatic heterocycles. The Morgan fingerprint density at radius 1 is 1.35 bits per heavy atom. The van der Waals surface area contributed by atoms with Gasteiger partial charge in [0.05, 0.1) is 5.69 Å². The Morgan fingerprint density at radius 3 is 2.35 bits per heavy atom. The molecule has 1 aromatic rings. The zero-order chi connectivity index (χ0) is 15.1. The minimum absolute atomic E-state index is 0.0569. The highest BCUT2D eigenvalue weighted by molar-refractivity contribution is 7.17. The van der Waals surface area contributed by atoms with Gasteiger partial charge in [0.25, 0.3) is 0 Å². The summed E-state index contributed by atoms with van der Waals surface area (Å²) in [4.78, 5) is 15.7. The molecule has 0 aromatic carbocycles. The van der Waals surface area contributed by atoms with Gasteiger partial charge in [-0.05, 0) is 47.5 Å². The molecule has 0 spiro atoms. The summed E-state index contributed by atoms with van der Waals surface area (Å²) in [6.45, 7) is 10.5. The van der Waals surface area contributed by atoms with E-state index in [1.54, 1.807) is 6.92 Å². The van der Waals surface area contributed by atoms with Gasteiger partial charge in [-0.3, -0.25) is 0 Å². The summed E-state index contributed by atoms with van der Waals surface area (Å²) >= 11 is 1.22. The largest absolute Gasteiger partial charge is 0.477 e. The number of anilines is 1. The van der Waals surface area contributed by atoms with Crippen molar-refractivity contribution in [3.05, 3.63) is 10.6 Å². The first-order valence-electron chi connectivity index (χ1n) is 6.85. The van der Waals surface area contributed by atoms with Crippen LogP contribution in [0.25, 0.3) is 0 Å². The average molecular weight is 297 g/mol. The van der Waals surface area contributed by atoms with Crippen molar-refractivity contribution in [3.8, 4) is 0 Å². The Labute approximate surface area is 123 Å². The number of carbonyl (C=O) groups is 1. The number of carboxylic acid groups (broad SMARTS) is 1. The third-order valence-corrected chi connectivity index (χ3v) is 4.59. The summed E-state index contributed by atoms with van der Waals surface area (Å²) in [6, 6.07) is 0.299. The second-order valence-electron chi connectivity index (χ2n) is 6.88. The minimum Gasteiger partial charge on any atom is -0.477 e. The maximum atomic E-state index is 11.1. The van der Waals surface area contributed by atoms with Crippen LogP contribution in [0.4, 0.5) is 5.13 Å². The number of thiazole rings is 1. The molecule has 0 atom stereocenters. The molecule has 1 aliphatic rings. The lowest BCUT2D eigenvalue weighted by Gasteiger charge is -2.46. The Kier molecular flexibility index (Phi) is 3.81. The molecular formula is C14H23N3O2S. The van der Waals surface area contributed by atoms with Crippen LogP contribution in [0.2, 0.25) is 0 Å². The van der Waals surface area contributed by atoms with Crippen molar-refractivity contribution >= 4 is 22.4 Å². The van der Waals surface area contributed by atoms with E-state index in [2.05, 4.69) is 43.3 Å². The number of nitrogens with one attached hydrogen (secondary N) is 2. The average Bonchev–Trinajstić information content (AvgIpc) is 2.54. The van der Waals surface area contributed by atoms with Gasteiger partial charge in [0.15, 0.2) is 5.13 Å². The van der Waals surface area contributed by atoms with Crippen molar-refractivity contribution in [1.82, 2.24) is 10.3 Å². The Bertz CT molecular complexity index is 506. The molecule has 20 heavy (non-hydrogen) atoms. The molecule has 0 aliphatic carbocycles. The van der Waals surface area contributed by atoms with E-state index in [0.717, 1.165) is 12.8 Å². The van der Waals surface area contributed by atoms with E-state index in [9.17, 15) is 4.79 Å². The third kappa shape index (κ3) is 3.49. The molecule has 3 N–H and O–H groups in total. The summed E-state index contributed by atoms with van der Waals surface area (Å²) < 4.78 is 0. The molecule has 1 fully saturated rings. The van der Waals surface area contributed by atoms with Crippen LogP contribution in [0.1, 0.15) is 55.9 Å². The summed E-state index contributed by atoms with van der Waals surface area (Å²) in [7, 11) is 0. The first kappa shape index (κ1) is 15.3. The Balaban J connectivity index is 2.13. The van der Waals surface area contributed by atoms with Crippen molar-refractivity contribution in [2.24, 2.45) is 0 Å². The molecule has 0 bridgehead atoms. The molecule has 112 valence electrons. The number of aryl methyl sites for hydroxylation is 1. The number of aromatic carboxylic acids is 1. The fourth-order valence-corrected chi connectivity index (χ4v) is 4.14. The molecule has 5 nitrogen and oxygen atoms in total. The van der Waals surface area contributed by atoms with Crippen molar-refractivity contribution in [2.45, 2.75) is 64.6 Å². The van der Waals surface area contributed by atoms with Gasteiger partial charge in [0.1, 0.15) is 4.88 Å². The molecule has 0 amide bonds. The smallest absolute Gasteiger partial charge is 0.347 e. The summed E-state index contributed by atoms with van der Waals surface area (Å²) in [5.74, 6) is -0.904. The van der Waals surface area contributed by atoms with Crippen LogP contribution < -0.4 is 10.6 Å². The minimum atomic E-state index is -0.904. The van der Waals surface area contributed by atoms with Crippen LogP contribution in [0, 0.1) is 6.92 Å². The fourth-order valence-electron chi connectivity index (χ4n) is 3.26. The van der Waals surface area contributed by atoms with Crippen LogP contribution in [0.5, 0.6) is 0 Å². The van der Waals surface area contributed by atoms with E-state index in [0.29, 0.717) is 21.7 Å². The predicted octanol–water partition coefficient (Wildman–Crippen LogP) is 2.87. The highest BCUT2D eigenvalue weighted by Gasteiger charge is 2.37. The fraction of sp³-hybridized carbons (Fsp3) is 0.714. The van der Waals surface area contributed by atoms with Gasteiger partial charge in [-0.15, -0.1) is 0 Å². The first-order valence-corrected chi connectivity index (χ1v) is 7.66. The molecule has 6 heteroatoms. The van der Waals surface area contributed by atoms with Gasteiger partial charge < -0.3 is 15.7 Å². The van der Waals surface area contributed by atoms with Crippen molar-refractivity contribution in [3.63, 3.8) is 0 Å². The lowest BCUT2D eigenvalue weighted by atomic mass is 9.80. The van der Waals surface area contributed by atoms with Crippen LogP contribution in [0.3, 0.4) is 0 Å². The van der Waals surface area contributed by atoms with Crippen LogP contribution in [-0.4, -0.2) is 33.2 Å². The summed E-state index contributed by atoms with van der Waals surface area (Å²) in [6.07, 6.45) is 1.97. The van der Waals surface area contributed by atoms with Gasteiger partial charge >= 0.3 is 5.97 Å². The molecule has 1 aliphatic heterocycles. The molecule has 0 unspecified atom stereocenters. The highest BCUT2D eigenvalue weighted by atomic mass is 32.1. The number of hydrogen-bond acceptors (Lipinski definition) is 5. The topological polar surface area (TPSA) is 74.2 Å². The SMILES string of the molecule is Cc1nc(NC2CC(C)(C)NC(C)(C)C2)sc1C(=O)O. The Morgan fingerprint density at radius 2 is 1.90 bits per heavy atom. The number of rotatable bonds is 3. The van der Waals surface area contributed by atoms with Crippen LogP contribution >= 0.6 is 11.3 Å². The number of nitrogens with zero attached hydrogens (tertiary/aromatic N) is 1. The first-order chi connectivity index (χ1) is 9.08. The Hall–Kier alpha value is -1.14. The third-order valence-electron chi connectivity index (χ3n) is 3.51. The quantitative estimate of drug-likeness (QED) is 0.800. The van der Waals surface area contributed by atoms with Crippen molar-refractivity contribution in [2.75, 3.05) is 5.32 Å².